The van der Waals surface area contributed by atoms with Gasteiger partial charge in [-0.15, -0.1) is 6.58 Å². The van der Waals surface area contributed by atoms with Crippen LogP contribution in [-0.2, 0) is 32.2 Å². The number of rotatable bonds is 16. The fraction of sp³-hybridized carbons (Fsp3) is 0.436. The van der Waals surface area contributed by atoms with Crippen LogP contribution >= 0.6 is 0 Å². The topological polar surface area (TPSA) is 108 Å². The van der Waals surface area contributed by atoms with Crippen molar-refractivity contribution in [2.24, 2.45) is 0 Å². The summed E-state index contributed by atoms with van der Waals surface area (Å²) >= 11 is 0. The SMILES string of the molecule is C=CCN(CC1CC(c2ccc(CO)cc2)OC(c2cccc(-c3cccc(CNC(=O)CCCCC(=O)O)c3)c2)O1)C1CCCC1. The van der Waals surface area contributed by atoms with Crippen LogP contribution in [0.25, 0.3) is 11.1 Å². The van der Waals surface area contributed by atoms with E-state index in [0.717, 1.165) is 52.9 Å². The molecule has 3 unspecified atom stereocenters. The highest BCUT2D eigenvalue weighted by atomic mass is 16.7. The number of amides is 1. The molecule has 0 aromatic heterocycles. The van der Waals surface area contributed by atoms with Crippen molar-refractivity contribution in [3.8, 4) is 11.1 Å². The molecule has 3 aromatic carbocycles. The lowest BCUT2D eigenvalue weighted by Gasteiger charge is -2.39. The molecule has 3 atom stereocenters. The van der Waals surface area contributed by atoms with Crippen LogP contribution in [0.4, 0.5) is 0 Å². The number of hydrogen-bond acceptors (Lipinski definition) is 6. The number of ether oxygens (including phenoxy) is 2. The number of aliphatic hydroxyl groups is 1. The average molecular weight is 641 g/mol. The van der Waals surface area contributed by atoms with Gasteiger partial charge in [-0.3, -0.25) is 14.5 Å². The first-order valence-corrected chi connectivity index (χ1v) is 16.9. The number of unbranched alkanes of at least 4 members (excludes halogenated alkanes) is 1. The summed E-state index contributed by atoms with van der Waals surface area (Å²) in [7, 11) is 0. The van der Waals surface area contributed by atoms with Gasteiger partial charge in [-0.05, 0) is 65.6 Å². The zero-order chi connectivity index (χ0) is 33.0. The fourth-order valence-corrected chi connectivity index (χ4v) is 6.68. The lowest BCUT2D eigenvalue weighted by Crippen LogP contribution is -2.43. The second-order valence-corrected chi connectivity index (χ2v) is 12.7. The van der Waals surface area contributed by atoms with Gasteiger partial charge in [0.2, 0.25) is 5.91 Å². The van der Waals surface area contributed by atoms with Gasteiger partial charge < -0.3 is 25.0 Å². The van der Waals surface area contributed by atoms with Gasteiger partial charge in [-0.2, -0.15) is 0 Å². The quantitative estimate of drug-likeness (QED) is 0.113. The van der Waals surface area contributed by atoms with E-state index in [1.54, 1.807) is 0 Å². The van der Waals surface area contributed by atoms with Crippen LogP contribution in [0, 0.1) is 0 Å². The lowest BCUT2D eigenvalue weighted by atomic mass is 9.98. The molecule has 8 nitrogen and oxygen atoms in total. The van der Waals surface area contributed by atoms with Gasteiger partial charge in [-0.1, -0.05) is 79.6 Å². The summed E-state index contributed by atoms with van der Waals surface area (Å²) in [6.45, 7) is 6.09. The first kappa shape index (κ1) is 34.5. The number of nitrogens with zero attached hydrogens (tertiary/aromatic N) is 1. The van der Waals surface area contributed by atoms with Crippen LogP contribution in [0.5, 0.6) is 0 Å². The van der Waals surface area contributed by atoms with Crippen molar-refractivity contribution >= 4 is 11.9 Å². The van der Waals surface area contributed by atoms with Crippen molar-refractivity contribution in [3.05, 3.63) is 108 Å². The Morgan fingerprint density at radius 1 is 0.894 bits per heavy atom. The predicted octanol–water partition coefficient (Wildman–Crippen LogP) is 7.08. The summed E-state index contributed by atoms with van der Waals surface area (Å²) in [6.07, 6.45) is 8.41. The Kier molecular flexibility index (Phi) is 12.8. The van der Waals surface area contributed by atoms with E-state index in [1.807, 2.05) is 48.5 Å². The predicted molar refractivity (Wildman–Crippen MR) is 182 cm³/mol. The standard InChI is InChI=1S/C39H48N2O6/c1-2-21-41(34-13-3-4-14-34)26-35-24-36(30-19-17-28(27-42)18-20-30)47-39(46-35)33-12-8-11-32(23-33)31-10-7-9-29(22-31)25-40-37(43)15-5-6-16-38(44)45/h2,7-12,17-20,22-23,34-36,39,42H,1,3-6,13-16,21,24-27H2,(H,40,43)(H,44,45). The summed E-state index contributed by atoms with van der Waals surface area (Å²) in [5.74, 6) is -0.917. The maximum absolute atomic E-state index is 12.3. The van der Waals surface area contributed by atoms with Gasteiger partial charge in [0.1, 0.15) is 0 Å². The number of benzene rings is 3. The number of hydrogen-bond donors (Lipinski definition) is 3. The maximum atomic E-state index is 12.3. The molecule has 0 bridgehead atoms. The zero-order valence-electron chi connectivity index (χ0n) is 27.2. The number of carbonyl (C=O) groups excluding carboxylic acids is 1. The maximum Gasteiger partial charge on any atom is 0.303 e. The van der Waals surface area contributed by atoms with E-state index in [2.05, 4.69) is 47.1 Å². The highest BCUT2D eigenvalue weighted by molar-refractivity contribution is 5.76. The molecule has 47 heavy (non-hydrogen) atoms. The van der Waals surface area contributed by atoms with Crippen molar-refractivity contribution in [1.29, 1.82) is 0 Å². The van der Waals surface area contributed by atoms with Gasteiger partial charge in [-0.25, -0.2) is 0 Å². The third-order valence-corrected chi connectivity index (χ3v) is 9.21. The van der Waals surface area contributed by atoms with E-state index in [9.17, 15) is 14.7 Å². The van der Waals surface area contributed by atoms with Crippen LogP contribution in [-0.4, -0.2) is 52.2 Å². The number of carboxylic acid groups (broad SMARTS) is 1. The van der Waals surface area contributed by atoms with Crippen LogP contribution in [0.15, 0.2) is 85.5 Å². The molecule has 1 heterocycles. The van der Waals surface area contributed by atoms with Crippen molar-refractivity contribution in [1.82, 2.24) is 10.2 Å². The molecule has 0 radical (unpaired) electrons. The summed E-state index contributed by atoms with van der Waals surface area (Å²) in [6, 6.07) is 24.9. The lowest BCUT2D eigenvalue weighted by molar-refractivity contribution is -0.253. The van der Waals surface area contributed by atoms with E-state index in [4.69, 9.17) is 14.6 Å². The van der Waals surface area contributed by atoms with Gasteiger partial charge in [0.15, 0.2) is 6.29 Å². The van der Waals surface area contributed by atoms with Crippen molar-refractivity contribution in [3.63, 3.8) is 0 Å². The number of carbonyl (C=O) groups is 2. The molecule has 1 aliphatic heterocycles. The first-order chi connectivity index (χ1) is 22.9. The molecular formula is C39H48N2O6. The molecule has 2 fully saturated rings. The molecule has 1 aliphatic carbocycles. The van der Waals surface area contributed by atoms with E-state index in [0.29, 0.717) is 31.8 Å². The summed E-state index contributed by atoms with van der Waals surface area (Å²) in [5, 5.41) is 21.3. The molecule has 8 heteroatoms. The normalized spacial score (nSPS) is 19.9. The number of aliphatic hydroxyl groups excluding tert-OH is 1. The fourth-order valence-electron chi connectivity index (χ4n) is 6.68. The van der Waals surface area contributed by atoms with E-state index in [1.165, 1.54) is 25.7 Å². The first-order valence-electron chi connectivity index (χ1n) is 16.9. The highest BCUT2D eigenvalue weighted by Crippen LogP contribution is 2.39. The van der Waals surface area contributed by atoms with Crippen molar-refractivity contribution < 1.29 is 29.3 Å². The van der Waals surface area contributed by atoms with E-state index >= 15 is 0 Å². The Bertz CT molecular complexity index is 1470. The Labute approximate surface area is 278 Å². The Hall–Kier alpha value is -3.82. The Morgan fingerprint density at radius 2 is 1.62 bits per heavy atom. The monoisotopic (exact) mass is 640 g/mol. The molecule has 1 amide bonds. The van der Waals surface area contributed by atoms with Gasteiger partial charge >= 0.3 is 5.97 Å². The molecule has 1 saturated heterocycles. The van der Waals surface area contributed by atoms with Gasteiger partial charge in [0.05, 0.1) is 18.8 Å². The smallest absolute Gasteiger partial charge is 0.303 e. The van der Waals surface area contributed by atoms with Crippen LogP contribution in [0.3, 0.4) is 0 Å². The second kappa shape index (κ2) is 17.4. The third kappa shape index (κ3) is 10.1. The Balaban J connectivity index is 1.30. The van der Waals surface area contributed by atoms with Gasteiger partial charge in [0.25, 0.3) is 0 Å². The summed E-state index contributed by atoms with van der Waals surface area (Å²) in [5.41, 5.74) is 5.93. The summed E-state index contributed by atoms with van der Waals surface area (Å²) in [4.78, 5) is 25.5. The molecule has 5 rings (SSSR count). The average Bonchev–Trinajstić information content (AvgIpc) is 3.64. The van der Waals surface area contributed by atoms with Crippen molar-refractivity contribution in [2.45, 2.75) is 95.5 Å². The molecule has 250 valence electrons. The molecule has 3 aromatic rings. The third-order valence-electron chi connectivity index (χ3n) is 9.21. The van der Waals surface area contributed by atoms with Crippen LogP contribution in [0.1, 0.15) is 92.4 Å². The largest absolute Gasteiger partial charge is 0.481 e. The molecule has 2 aliphatic rings. The van der Waals surface area contributed by atoms with Crippen LogP contribution in [0.2, 0.25) is 0 Å². The second-order valence-electron chi connectivity index (χ2n) is 12.7. The van der Waals surface area contributed by atoms with Crippen molar-refractivity contribution in [2.75, 3.05) is 13.1 Å². The Morgan fingerprint density at radius 3 is 2.34 bits per heavy atom. The number of aliphatic carboxylic acids is 1. The minimum absolute atomic E-state index is 0.00697. The molecular weight excluding hydrogens is 592 g/mol. The molecule has 3 N–H and O–H groups in total. The van der Waals surface area contributed by atoms with Crippen LogP contribution < -0.4 is 5.32 Å². The minimum Gasteiger partial charge on any atom is -0.481 e. The summed E-state index contributed by atoms with van der Waals surface area (Å²) < 4.78 is 13.4. The zero-order valence-corrected chi connectivity index (χ0v) is 27.2. The minimum atomic E-state index is -0.837. The molecule has 0 spiro atoms. The number of carboxylic acids is 1. The van der Waals surface area contributed by atoms with E-state index in [-0.39, 0.29) is 31.1 Å². The van der Waals surface area contributed by atoms with Gasteiger partial charge in [0, 0.05) is 50.5 Å². The van der Waals surface area contributed by atoms with E-state index < -0.39 is 12.3 Å². The highest BCUT2D eigenvalue weighted by Gasteiger charge is 2.34. The molecule has 1 saturated carbocycles. The number of nitrogens with one attached hydrogen (secondary N) is 1.